The molecule has 2 heterocycles. The summed E-state index contributed by atoms with van der Waals surface area (Å²) in [5.74, 6) is 0.491. The van der Waals surface area contributed by atoms with Crippen LogP contribution in [0.15, 0.2) is 89.0 Å². The summed E-state index contributed by atoms with van der Waals surface area (Å²) in [6.45, 7) is 7.03. The number of rotatable bonds is 12. The van der Waals surface area contributed by atoms with Gasteiger partial charge in [0.05, 0.1) is 24.9 Å². The van der Waals surface area contributed by atoms with Crippen molar-refractivity contribution in [1.82, 2.24) is 25.4 Å². The second-order valence-electron chi connectivity index (χ2n) is 10.7. The molecule has 1 saturated heterocycles. The molecule has 1 amide bonds. The van der Waals surface area contributed by atoms with E-state index in [-0.39, 0.29) is 30.6 Å². The standard InChI is InChI=1S/C33H33F3N6O4/c1-2-6-24-7-5-8-26(31(24)44)19-37-39-29(43)20-41-15-17-42(18-16-41)21-30-38-32(40-46-30)25-13-11-23(12-14-25)22-45-28-10-4-3-9-27(28)33(34,35)36/h2-5,7-14,19,44H,1,6,15-18,20-22H2,(H,39,43). The van der Waals surface area contributed by atoms with E-state index in [0.717, 1.165) is 11.6 Å². The third-order valence-corrected chi connectivity index (χ3v) is 7.37. The molecule has 10 nitrogen and oxygen atoms in total. The Labute approximate surface area is 263 Å². The van der Waals surface area contributed by atoms with Crippen molar-refractivity contribution in [2.75, 3.05) is 32.7 Å². The van der Waals surface area contributed by atoms with Crippen LogP contribution >= 0.6 is 0 Å². The van der Waals surface area contributed by atoms with E-state index in [1.165, 1.54) is 24.4 Å². The lowest BCUT2D eigenvalue weighted by molar-refractivity contribution is -0.139. The molecule has 1 fully saturated rings. The van der Waals surface area contributed by atoms with E-state index < -0.39 is 11.7 Å². The van der Waals surface area contributed by atoms with Crippen LogP contribution in [0.2, 0.25) is 0 Å². The molecule has 1 aliphatic rings. The molecule has 0 bridgehead atoms. The van der Waals surface area contributed by atoms with Crippen LogP contribution in [0, 0.1) is 0 Å². The predicted octanol–water partition coefficient (Wildman–Crippen LogP) is 5.04. The van der Waals surface area contributed by atoms with Gasteiger partial charge in [0.2, 0.25) is 11.7 Å². The SMILES string of the molecule is C=CCc1cccc(C=NNC(=O)CN2CCN(Cc3nc(-c4ccc(COc5ccccc5C(F)(F)F)cc4)no3)CC2)c1O. The van der Waals surface area contributed by atoms with Crippen molar-refractivity contribution < 1.29 is 32.3 Å². The van der Waals surface area contributed by atoms with Gasteiger partial charge in [0.15, 0.2) is 0 Å². The number of aromatic hydroxyl groups is 1. The summed E-state index contributed by atoms with van der Waals surface area (Å²) in [5.41, 5.74) is 4.33. The van der Waals surface area contributed by atoms with Crippen LogP contribution in [0.5, 0.6) is 11.5 Å². The number of alkyl halides is 3. The van der Waals surface area contributed by atoms with Crippen molar-refractivity contribution in [1.29, 1.82) is 0 Å². The van der Waals surface area contributed by atoms with Gasteiger partial charge in [-0.3, -0.25) is 14.6 Å². The Balaban J connectivity index is 1.05. The van der Waals surface area contributed by atoms with E-state index in [1.54, 1.807) is 48.5 Å². The number of hydrogen-bond acceptors (Lipinski definition) is 9. The molecular formula is C33H33F3N6O4. The number of para-hydroxylation sites is 2. The fourth-order valence-electron chi connectivity index (χ4n) is 4.92. The Kier molecular flexibility index (Phi) is 10.5. The maximum atomic E-state index is 13.2. The number of ether oxygens (including phenoxy) is 1. The zero-order chi connectivity index (χ0) is 32.5. The fraction of sp³-hybridized carbons (Fsp3) is 0.273. The van der Waals surface area contributed by atoms with Crippen molar-refractivity contribution >= 4 is 12.1 Å². The van der Waals surface area contributed by atoms with Crippen LogP contribution in [0.3, 0.4) is 0 Å². The molecule has 0 unspecified atom stereocenters. The highest BCUT2D eigenvalue weighted by molar-refractivity contribution is 5.86. The number of phenols is 1. The lowest BCUT2D eigenvalue weighted by atomic mass is 10.1. The summed E-state index contributed by atoms with van der Waals surface area (Å²) in [7, 11) is 0. The number of hydrogen-bond donors (Lipinski definition) is 2. The molecule has 5 rings (SSSR count). The Bertz CT molecular complexity index is 1660. The molecule has 1 aliphatic heterocycles. The molecule has 3 aromatic carbocycles. The number of carbonyl (C=O) groups is 1. The number of hydrazone groups is 1. The van der Waals surface area contributed by atoms with Crippen molar-refractivity contribution in [3.05, 3.63) is 108 Å². The first-order valence-electron chi connectivity index (χ1n) is 14.6. The normalized spacial score (nSPS) is 14.4. The molecule has 0 saturated carbocycles. The number of nitrogens with zero attached hydrogens (tertiary/aromatic N) is 5. The second-order valence-corrected chi connectivity index (χ2v) is 10.7. The lowest BCUT2D eigenvalue weighted by Gasteiger charge is -2.33. The third kappa shape index (κ3) is 8.58. The summed E-state index contributed by atoms with van der Waals surface area (Å²) in [5, 5.41) is 18.4. The molecule has 240 valence electrons. The minimum Gasteiger partial charge on any atom is -0.507 e. The molecule has 0 radical (unpaired) electrons. The highest BCUT2D eigenvalue weighted by atomic mass is 19.4. The predicted molar refractivity (Wildman–Crippen MR) is 165 cm³/mol. The first-order valence-corrected chi connectivity index (χ1v) is 14.6. The number of amides is 1. The van der Waals surface area contributed by atoms with Crippen LogP contribution in [-0.2, 0) is 30.5 Å². The largest absolute Gasteiger partial charge is 0.507 e. The Morgan fingerprint density at radius 1 is 1.04 bits per heavy atom. The van der Waals surface area contributed by atoms with Gasteiger partial charge in [-0.2, -0.15) is 23.3 Å². The average molecular weight is 635 g/mol. The van der Waals surface area contributed by atoms with Crippen LogP contribution in [-0.4, -0.2) is 69.9 Å². The topological polar surface area (TPSA) is 116 Å². The number of benzene rings is 3. The van der Waals surface area contributed by atoms with Crippen molar-refractivity contribution in [2.45, 2.75) is 25.7 Å². The first kappa shape index (κ1) is 32.4. The van der Waals surface area contributed by atoms with E-state index in [2.05, 4.69) is 32.1 Å². The minimum atomic E-state index is -4.50. The summed E-state index contributed by atoms with van der Waals surface area (Å²) < 4.78 is 50.5. The van der Waals surface area contributed by atoms with E-state index in [9.17, 15) is 23.1 Å². The number of piperazine rings is 1. The van der Waals surface area contributed by atoms with E-state index in [0.29, 0.717) is 67.6 Å². The fourth-order valence-corrected chi connectivity index (χ4v) is 4.92. The van der Waals surface area contributed by atoms with Crippen LogP contribution in [0.25, 0.3) is 11.4 Å². The van der Waals surface area contributed by atoms with E-state index in [1.807, 2.05) is 4.90 Å². The number of aromatic nitrogens is 2. The molecular weight excluding hydrogens is 601 g/mol. The van der Waals surface area contributed by atoms with E-state index in [4.69, 9.17) is 9.26 Å². The molecule has 0 atom stereocenters. The van der Waals surface area contributed by atoms with Gasteiger partial charge >= 0.3 is 6.18 Å². The van der Waals surface area contributed by atoms with Gasteiger partial charge in [-0.15, -0.1) is 6.58 Å². The zero-order valence-corrected chi connectivity index (χ0v) is 24.9. The van der Waals surface area contributed by atoms with Gasteiger partial charge < -0.3 is 14.4 Å². The summed E-state index contributed by atoms with van der Waals surface area (Å²) >= 11 is 0. The molecule has 2 N–H and O–H groups in total. The minimum absolute atomic E-state index is 0.0266. The highest BCUT2D eigenvalue weighted by Crippen LogP contribution is 2.36. The Morgan fingerprint density at radius 2 is 1.78 bits per heavy atom. The van der Waals surface area contributed by atoms with Gasteiger partial charge in [-0.25, -0.2) is 5.43 Å². The van der Waals surface area contributed by atoms with Crippen molar-refractivity contribution in [2.24, 2.45) is 5.10 Å². The van der Waals surface area contributed by atoms with Crippen LogP contribution in [0.4, 0.5) is 13.2 Å². The average Bonchev–Trinajstić information content (AvgIpc) is 3.51. The van der Waals surface area contributed by atoms with Crippen molar-refractivity contribution in [3.63, 3.8) is 0 Å². The summed E-state index contributed by atoms with van der Waals surface area (Å²) in [6, 6.07) is 17.4. The van der Waals surface area contributed by atoms with Gasteiger partial charge in [-0.1, -0.05) is 59.8 Å². The molecule has 0 aliphatic carbocycles. The Hall–Kier alpha value is -5.01. The van der Waals surface area contributed by atoms with Crippen molar-refractivity contribution in [3.8, 4) is 22.9 Å². The molecule has 46 heavy (non-hydrogen) atoms. The highest BCUT2D eigenvalue weighted by Gasteiger charge is 2.34. The van der Waals surface area contributed by atoms with Gasteiger partial charge in [0.25, 0.3) is 5.91 Å². The molecule has 1 aromatic heterocycles. The number of carbonyl (C=O) groups excluding carboxylic acids is 1. The first-order chi connectivity index (χ1) is 22.2. The monoisotopic (exact) mass is 634 g/mol. The molecule has 4 aromatic rings. The van der Waals surface area contributed by atoms with Crippen LogP contribution < -0.4 is 10.2 Å². The molecule has 13 heteroatoms. The van der Waals surface area contributed by atoms with E-state index >= 15 is 0 Å². The van der Waals surface area contributed by atoms with Crippen LogP contribution in [0.1, 0.15) is 28.1 Å². The third-order valence-electron chi connectivity index (χ3n) is 7.37. The maximum absolute atomic E-state index is 13.2. The smallest absolute Gasteiger partial charge is 0.419 e. The van der Waals surface area contributed by atoms with Gasteiger partial charge in [-0.05, 0) is 35.7 Å². The Morgan fingerprint density at radius 3 is 2.52 bits per heavy atom. The van der Waals surface area contributed by atoms with Gasteiger partial charge in [0.1, 0.15) is 18.1 Å². The quantitative estimate of drug-likeness (QED) is 0.127. The lowest BCUT2D eigenvalue weighted by Crippen LogP contribution is -2.48. The maximum Gasteiger partial charge on any atom is 0.419 e. The number of allylic oxidation sites excluding steroid dienone is 1. The number of halogens is 3. The van der Waals surface area contributed by atoms with Gasteiger partial charge in [0, 0.05) is 37.3 Å². The number of phenolic OH excluding ortho intramolecular Hbond substituents is 1. The summed E-state index contributed by atoms with van der Waals surface area (Å²) in [6.07, 6.45) is -0.848. The summed E-state index contributed by atoms with van der Waals surface area (Å²) in [4.78, 5) is 21.1. The second kappa shape index (κ2) is 14.8. The number of nitrogens with one attached hydrogen (secondary N) is 1. The molecule has 0 spiro atoms. The zero-order valence-electron chi connectivity index (χ0n) is 24.9.